The molecule has 1 aliphatic heterocycles. The van der Waals surface area contributed by atoms with Gasteiger partial charge in [0.2, 0.25) is 0 Å². The van der Waals surface area contributed by atoms with E-state index in [0.717, 1.165) is 17.4 Å². The second kappa shape index (κ2) is 6.60. The van der Waals surface area contributed by atoms with Gasteiger partial charge in [-0.3, -0.25) is 4.90 Å². The van der Waals surface area contributed by atoms with E-state index < -0.39 is 11.7 Å². The maximum absolute atomic E-state index is 12.4. The molecule has 1 aromatic heterocycles. The summed E-state index contributed by atoms with van der Waals surface area (Å²) >= 11 is 0. The number of aromatic nitrogens is 1. The Morgan fingerprint density at radius 2 is 1.88 bits per heavy atom. The molecule has 0 saturated carbocycles. The van der Waals surface area contributed by atoms with Crippen LogP contribution in [0.2, 0.25) is 0 Å². The van der Waals surface area contributed by atoms with Gasteiger partial charge in [-0.2, -0.15) is 0 Å². The Hall–Kier alpha value is -1.81. The van der Waals surface area contributed by atoms with E-state index in [1.54, 1.807) is 0 Å². The molecule has 0 bridgehead atoms. The van der Waals surface area contributed by atoms with Gasteiger partial charge in [0.15, 0.2) is 0 Å². The maximum Gasteiger partial charge on any atom is 0.419 e. The molecule has 1 fully saturated rings. The molecule has 128 valence electrons. The Balaban J connectivity index is 1.85. The van der Waals surface area contributed by atoms with Crippen LogP contribution in [-0.4, -0.2) is 34.3 Å². The molecule has 2 aromatic rings. The zero-order valence-electron chi connectivity index (χ0n) is 14.8. The lowest BCUT2D eigenvalue weighted by molar-refractivity contribution is 0.0543. The standard InChI is InChI=1S/C20H26N2O2/c1-15-12-17-13-16(14-21-10-6-5-7-11-21)8-9-18(17)22(15)19(23)24-20(2,3)4/h1,8-9,12-13H,5-7,10-11,14H2,2-4H3. The number of benzene rings is 1. The largest absolute Gasteiger partial charge is 0.443 e. The minimum absolute atomic E-state index is 0.411. The third kappa shape index (κ3) is 3.81. The second-order valence-electron chi connectivity index (χ2n) is 7.61. The first-order chi connectivity index (χ1) is 11.3. The quantitative estimate of drug-likeness (QED) is 0.816. The van der Waals surface area contributed by atoms with E-state index in [0.29, 0.717) is 5.69 Å². The van der Waals surface area contributed by atoms with E-state index in [1.807, 2.05) is 32.9 Å². The van der Waals surface area contributed by atoms with Crippen LogP contribution in [-0.2, 0) is 11.3 Å². The van der Waals surface area contributed by atoms with Crippen molar-refractivity contribution in [3.63, 3.8) is 0 Å². The van der Waals surface area contributed by atoms with E-state index >= 15 is 0 Å². The molecular weight excluding hydrogens is 300 g/mol. The molecule has 2 heterocycles. The van der Waals surface area contributed by atoms with Crippen LogP contribution in [0, 0.1) is 6.92 Å². The fraction of sp³-hybridized carbons (Fsp3) is 0.500. The smallest absolute Gasteiger partial charge is 0.419 e. The molecule has 4 heteroatoms. The van der Waals surface area contributed by atoms with E-state index in [2.05, 4.69) is 17.0 Å². The third-order valence-corrected chi connectivity index (χ3v) is 4.33. The number of rotatable bonds is 2. The first-order valence-corrected chi connectivity index (χ1v) is 8.69. The Kier molecular flexibility index (Phi) is 4.68. The summed E-state index contributed by atoms with van der Waals surface area (Å²) in [6.07, 6.45) is 3.47. The van der Waals surface area contributed by atoms with Crippen LogP contribution in [0.4, 0.5) is 4.79 Å². The summed E-state index contributed by atoms with van der Waals surface area (Å²) in [7, 11) is 0. The molecule has 2 radical (unpaired) electrons. The lowest BCUT2D eigenvalue weighted by Crippen LogP contribution is -2.29. The van der Waals surface area contributed by atoms with Crippen molar-refractivity contribution < 1.29 is 9.53 Å². The van der Waals surface area contributed by atoms with Crippen molar-refractivity contribution in [3.05, 3.63) is 42.4 Å². The van der Waals surface area contributed by atoms with Gasteiger partial charge in [0.05, 0.1) is 5.52 Å². The molecule has 1 aliphatic rings. The fourth-order valence-corrected chi connectivity index (χ4v) is 3.27. The lowest BCUT2D eigenvalue weighted by atomic mass is 10.1. The number of nitrogens with zero attached hydrogens (tertiary/aromatic N) is 2. The molecule has 3 rings (SSSR count). The van der Waals surface area contributed by atoms with Crippen molar-refractivity contribution in [3.8, 4) is 0 Å². The SMILES string of the molecule is [CH]c1cc2cc(CN3CCCCC3)ccc2n1C(=O)OC(C)(C)C. The predicted octanol–water partition coefficient (Wildman–Crippen LogP) is 4.47. The molecule has 0 amide bonds. The molecule has 4 nitrogen and oxygen atoms in total. The zero-order chi connectivity index (χ0) is 17.3. The van der Waals surface area contributed by atoms with Crippen LogP contribution in [0.3, 0.4) is 0 Å². The minimum atomic E-state index is -0.547. The summed E-state index contributed by atoms with van der Waals surface area (Å²) in [5.41, 5.74) is 1.91. The Morgan fingerprint density at radius 3 is 2.54 bits per heavy atom. The topological polar surface area (TPSA) is 34.5 Å². The molecule has 0 spiro atoms. The van der Waals surface area contributed by atoms with Gasteiger partial charge in [-0.15, -0.1) is 0 Å². The first-order valence-electron chi connectivity index (χ1n) is 8.69. The molecule has 0 unspecified atom stereocenters. The normalized spacial score (nSPS) is 16.5. The summed E-state index contributed by atoms with van der Waals surface area (Å²) < 4.78 is 6.91. The summed E-state index contributed by atoms with van der Waals surface area (Å²) in [4.78, 5) is 14.9. The van der Waals surface area contributed by atoms with Gasteiger partial charge in [0.1, 0.15) is 5.60 Å². The van der Waals surface area contributed by atoms with E-state index in [1.165, 1.54) is 42.5 Å². The van der Waals surface area contributed by atoms with Crippen molar-refractivity contribution in [2.24, 2.45) is 0 Å². The van der Waals surface area contributed by atoms with Gasteiger partial charge in [0.25, 0.3) is 0 Å². The van der Waals surface area contributed by atoms with Crippen LogP contribution in [0.1, 0.15) is 51.3 Å². The van der Waals surface area contributed by atoms with Gasteiger partial charge in [0, 0.05) is 24.5 Å². The molecule has 1 saturated heterocycles. The van der Waals surface area contributed by atoms with Crippen LogP contribution in [0.25, 0.3) is 10.9 Å². The van der Waals surface area contributed by atoms with Gasteiger partial charge >= 0.3 is 6.09 Å². The number of hydrogen-bond acceptors (Lipinski definition) is 3. The highest BCUT2D eigenvalue weighted by molar-refractivity contribution is 5.91. The monoisotopic (exact) mass is 326 g/mol. The average Bonchev–Trinajstić information content (AvgIpc) is 2.81. The van der Waals surface area contributed by atoms with Crippen molar-refractivity contribution in [1.82, 2.24) is 9.47 Å². The van der Waals surface area contributed by atoms with Crippen molar-refractivity contribution in [2.45, 2.75) is 52.2 Å². The zero-order valence-corrected chi connectivity index (χ0v) is 14.8. The molecule has 24 heavy (non-hydrogen) atoms. The summed E-state index contributed by atoms with van der Waals surface area (Å²) in [5, 5.41) is 0.980. The van der Waals surface area contributed by atoms with Gasteiger partial charge in [-0.1, -0.05) is 12.5 Å². The highest BCUT2D eigenvalue weighted by Crippen LogP contribution is 2.24. The van der Waals surface area contributed by atoms with Crippen LogP contribution in [0.5, 0.6) is 0 Å². The number of piperidine rings is 1. The second-order valence-corrected chi connectivity index (χ2v) is 7.61. The third-order valence-electron chi connectivity index (χ3n) is 4.33. The Labute approximate surface area is 144 Å². The molecule has 0 aliphatic carbocycles. The number of likely N-dealkylation sites (tertiary alicyclic amines) is 1. The molecule has 1 aromatic carbocycles. The summed E-state index contributed by atoms with van der Waals surface area (Å²) in [6, 6.07) is 8.02. The lowest BCUT2D eigenvalue weighted by Gasteiger charge is -2.26. The van der Waals surface area contributed by atoms with Gasteiger partial charge in [-0.25, -0.2) is 9.36 Å². The summed E-state index contributed by atoms with van der Waals surface area (Å²) in [6.45, 7) is 14.9. The van der Waals surface area contributed by atoms with Gasteiger partial charge < -0.3 is 4.74 Å². The molecular formula is C20H26N2O2. The summed E-state index contributed by atoms with van der Waals surface area (Å²) in [5.74, 6) is 0. The number of carbonyl (C=O) groups is 1. The Morgan fingerprint density at radius 1 is 1.17 bits per heavy atom. The predicted molar refractivity (Wildman–Crippen MR) is 96.1 cm³/mol. The van der Waals surface area contributed by atoms with Crippen LogP contribution < -0.4 is 0 Å². The van der Waals surface area contributed by atoms with Crippen molar-refractivity contribution >= 4 is 17.0 Å². The van der Waals surface area contributed by atoms with Crippen molar-refractivity contribution in [2.75, 3.05) is 13.1 Å². The van der Waals surface area contributed by atoms with Gasteiger partial charge in [-0.05, 0) is 70.5 Å². The average molecular weight is 326 g/mol. The van der Waals surface area contributed by atoms with E-state index in [-0.39, 0.29) is 0 Å². The highest BCUT2D eigenvalue weighted by Gasteiger charge is 2.21. The fourth-order valence-electron chi connectivity index (χ4n) is 3.27. The van der Waals surface area contributed by atoms with Crippen LogP contribution in [0.15, 0.2) is 24.3 Å². The van der Waals surface area contributed by atoms with E-state index in [4.69, 9.17) is 11.7 Å². The van der Waals surface area contributed by atoms with Crippen molar-refractivity contribution in [1.29, 1.82) is 0 Å². The number of fused-ring (bicyclic) bond motifs is 1. The highest BCUT2D eigenvalue weighted by atomic mass is 16.6. The number of hydrogen-bond donors (Lipinski definition) is 0. The maximum atomic E-state index is 12.4. The molecule has 0 atom stereocenters. The van der Waals surface area contributed by atoms with Crippen LogP contribution >= 0.6 is 0 Å². The Bertz CT molecular complexity index is 734. The van der Waals surface area contributed by atoms with E-state index in [9.17, 15) is 4.79 Å². The molecule has 0 N–H and O–H groups in total. The first kappa shape index (κ1) is 17.0. The number of ether oxygens (including phenoxy) is 1. The minimum Gasteiger partial charge on any atom is -0.443 e. The number of carbonyl (C=O) groups excluding carboxylic acids is 1.